The zero-order valence-corrected chi connectivity index (χ0v) is 14.0. The number of carbonyl (C=O) groups excluding carboxylic acids is 1. The van der Waals surface area contributed by atoms with Gasteiger partial charge < -0.3 is 10.1 Å². The maximum absolute atomic E-state index is 12.1. The van der Waals surface area contributed by atoms with Crippen LogP contribution in [0.4, 0.5) is 5.69 Å². The van der Waals surface area contributed by atoms with Crippen molar-refractivity contribution < 1.29 is 9.53 Å². The van der Waals surface area contributed by atoms with Crippen molar-refractivity contribution in [2.75, 3.05) is 11.9 Å². The quantitative estimate of drug-likeness (QED) is 0.824. The van der Waals surface area contributed by atoms with Gasteiger partial charge in [0.1, 0.15) is 11.3 Å². The predicted octanol–water partition coefficient (Wildman–Crippen LogP) is 4.14. The van der Waals surface area contributed by atoms with E-state index in [4.69, 9.17) is 4.74 Å². The first-order valence-corrected chi connectivity index (χ1v) is 7.73. The minimum Gasteiger partial charge on any atom is -0.491 e. The Labute approximate surface area is 133 Å². The van der Waals surface area contributed by atoms with Gasteiger partial charge in [0.15, 0.2) is 0 Å². The van der Waals surface area contributed by atoms with Gasteiger partial charge in [0.25, 0.3) is 0 Å². The summed E-state index contributed by atoms with van der Waals surface area (Å²) in [5.74, 6) is 0.637. The number of pyridine rings is 1. The summed E-state index contributed by atoms with van der Waals surface area (Å²) in [5, 5.41) is 3.80. The highest BCUT2D eigenvalue weighted by molar-refractivity contribution is 9.10. The van der Waals surface area contributed by atoms with Crippen LogP contribution >= 0.6 is 15.9 Å². The monoisotopic (exact) mass is 350 g/mol. The van der Waals surface area contributed by atoms with Crippen LogP contribution in [-0.4, -0.2) is 21.8 Å². The van der Waals surface area contributed by atoms with E-state index in [9.17, 15) is 4.79 Å². The SMILES string of the molecule is CCCOc1ccc(NC(=O)C(C)(C)Br)c2cccnc12. The molecule has 112 valence electrons. The molecule has 0 spiro atoms. The van der Waals surface area contributed by atoms with Crippen molar-refractivity contribution in [1.29, 1.82) is 0 Å². The maximum Gasteiger partial charge on any atom is 0.240 e. The smallest absolute Gasteiger partial charge is 0.240 e. The van der Waals surface area contributed by atoms with E-state index in [1.54, 1.807) is 6.20 Å². The molecule has 4 nitrogen and oxygen atoms in total. The molecule has 0 fully saturated rings. The van der Waals surface area contributed by atoms with Gasteiger partial charge in [-0.15, -0.1) is 0 Å². The van der Waals surface area contributed by atoms with Crippen LogP contribution in [-0.2, 0) is 4.79 Å². The van der Waals surface area contributed by atoms with E-state index in [2.05, 4.69) is 33.2 Å². The molecule has 0 aliphatic heterocycles. The van der Waals surface area contributed by atoms with E-state index in [-0.39, 0.29) is 5.91 Å². The summed E-state index contributed by atoms with van der Waals surface area (Å²) in [7, 11) is 0. The fourth-order valence-electron chi connectivity index (χ4n) is 1.86. The molecule has 0 radical (unpaired) electrons. The number of benzene rings is 1. The van der Waals surface area contributed by atoms with Crippen LogP contribution in [0.2, 0.25) is 0 Å². The first-order valence-electron chi connectivity index (χ1n) is 6.94. The summed E-state index contributed by atoms with van der Waals surface area (Å²) in [6.45, 7) is 6.32. The Bertz CT molecular complexity index is 650. The van der Waals surface area contributed by atoms with E-state index in [1.807, 2.05) is 38.1 Å². The third kappa shape index (κ3) is 3.73. The summed E-state index contributed by atoms with van der Waals surface area (Å²) >= 11 is 3.36. The van der Waals surface area contributed by atoms with Crippen molar-refractivity contribution in [3.63, 3.8) is 0 Å². The van der Waals surface area contributed by atoms with Crippen molar-refractivity contribution in [2.45, 2.75) is 31.5 Å². The highest BCUT2D eigenvalue weighted by Crippen LogP contribution is 2.31. The number of hydrogen-bond donors (Lipinski definition) is 1. The Morgan fingerprint density at radius 2 is 2.14 bits per heavy atom. The number of ether oxygens (including phenoxy) is 1. The van der Waals surface area contributed by atoms with Crippen LogP contribution in [0, 0.1) is 0 Å². The second-order valence-corrected chi connectivity index (χ2v) is 7.27. The Kier molecular flexibility index (Phi) is 4.83. The molecule has 2 rings (SSSR count). The lowest BCUT2D eigenvalue weighted by Crippen LogP contribution is -2.31. The van der Waals surface area contributed by atoms with Crippen molar-refractivity contribution in [3.05, 3.63) is 30.5 Å². The molecule has 0 unspecified atom stereocenters. The largest absolute Gasteiger partial charge is 0.491 e. The van der Waals surface area contributed by atoms with Crippen molar-refractivity contribution >= 4 is 38.4 Å². The van der Waals surface area contributed by atoms with Crippen LogP contribution in [0.25, 0.3) is 10.9 Å². The van der Waals surface area contributed by atoms with Crippen LogP contribution in [0.3, 0.4) is 0 Å². The fourth-order valence-corrected chi connectivity index (χ4v) is 1.95. The van der Waals surface area contributed by atoms with Crippen LogP contribution in [0.1, 0.15) is 27.2 Å². The van der Waals surface area contributed by atoms with Crippen LogP contribution in [0.5, 0.6) is 5.75 Å². The van der Waals surface area contributed by atoms with Crippen molar-refractivity contribution in [1.82, 2.24) is 4.98 Å². The van der Waals surface area contributed by atoms with E-state index < -0.39 is 4.32 Å². The highest BCUT2D eigenvalue weighted by atomic mass is 79.9. The summed E-state index contributed by atoms with van der Waals surface area (Å²) in [6.07, 6.45) is 2.66. The van der Waals surface area contributed by atoms with Gasteiger partial charge in [0.05, 0.1) is 16.6 Å². The molecule has 1 aromatic heterocycles. The lowest BCUT2D eigenvalue weighted by Gasteiger charge is -2.17. The Morgan fingerprint density at radius 1 is 1.38 bits per heavy atom. The minimum atomic E-state index is -0.626. The van der Waals surface area contributed by atoms with Gasteiger partial charge in [0.2, 0.25) is 5.91 Å². The highest BCUT2D eigenvalue weighted by Gasteiger charge is 2.24. The van der Waals surface area contributed by atoms with E-state index in [0.717, 1.165) is 28.8 Å². The molecule has 0 saturated heterocycles. The van der Waals surface area contributed by atoms with Gasteiger partial charge in [-0.05, 0) is 44.5 Å². The third-order valence-electron chi connectivity index (χ3n) is 2.98. The van der Waals surface area contributed by atoms with Crippen molar-refractivity contribution in [3.8, 4) is 5.75 Å². The molecule has 0 bridgehead atoms. The summed E-state index contributed by atoms with van der Waals surface area (Å²) < 4.78 is 5.09. The summed E-state index contributed by atoms with van der Waals surface area (Å²) in [6, 6.07) is 7.48. The van der Waals surface area contributed by atoms with Crippen LogP contribution < -0.4 is 10.1 Å². The van der Waals surface area contributed by atoms with Crippen LogP contribution in [0.15, 0.2) is 30.5 Å². The molecule has 0 aliphatic rings. The predicted molar refractivity (Wildman–Crippen MR) is 89.2 cm³/mol. The molecule has 1 amide bonds. The Morgan fingerprint density at radius 3 is 2.81 bits per heavy atom. The average Bonchev–Trinajstić information content (AvgIpc) is 2.45. The summed E-state index contributed by atoms with van der Waals surface area (Å²) in [5.41, 5.74) is 1.50. The van der Waals surface area contributed by atoms with Gasteiger partial charge in [-0.25, -0.2) is 0 Å². The van der Waals surface area contributed by atoms with Gasteiger partial charge in [-0.2, -0.15) is 0 Å². The number of anilines is 1. The number of hydrogen-bond acceptors (Lipinski definition) is 3. The summed E-state index contributed by atoms with van der Waals surface area (Å²) in [4.78, 5) is 16.5. The zero-order chi connectivity index (χ0) is 15.5. The van der Waals surface area contributed by atoms with Crippen molar-refractivity contribution in [2.24, 2.45) is 0 Å². The molecular weight excluding hydrogens is 332 g/mol. The lowest BCUT2D eigenvalue weighted by molar-refractivity contribution is -0.117. The number of rotatable bonds is 5. The first kappa shape index (κ1) is 15.8. The first-order chi connectivity index (χ1) is 9.93. The topological polar surface area (TPSA) is 51.2 Å². The maximum atomic E-state index is 12.1. The molecule has 1 N–H and O–H groups in total. The number of aromatic nitrogens is 1. The molecule has 0 saturated carbocycles. The third-order valence-corrected chi connectivity index (χ3v) is 3.34. The standard InChI is InChI=1S/C16H19BrN2O2/c1-4-10-21-13-8-7-12(19-15(20)16(2,3)17)11-6-5-9-18-14(11)13/h5-9H,4,10H2,1-3H3,(H,19,20). The second-order valence-electron chi connectivity index (χ2n) is 5.29. The lowest BCUT2D eigenvalue weighted by atomic mass is 10.1. The van der Waals surface area contributed by atoms with Gasteiger partial charge in [-0.1, -0.05) is 22.9 Å². The molecule has 1 heterocycles. The second kappa shape index (κ2) is 6.43. The van der Waals surface area contributed by atoms with E-state index in [0.29, 0.717) is 6.61 Å². The number of carbonyl (C=O) groups is 1. The number of nitrogens with one attached hydrogen (secondary N) is 1. The number of fused-ring (bicyclic) bond motifs is 1. The molecule has 2 aromatic rings. The van der Waals surface area contributed by atoms with E-state index in [1.165, 1.54) is 0 Å². The molecule has 0 atom stereocenters. The Balaban J connectivity index is 2.40. The minimum absolute atomic E-state index is 0.102. The van der Waals surface area contributed by atoms with Gasteiger partial charge in [0, 0.05) is 11.6 Å². The number of alkyl halides is 1. The molecule has 1 aromatic carbocycles. The molecule has 5 heteroatoms. The normalized spacial score (nSPS) is 11.4. The van der Waals surface area contributed by atoms with Gasteiger partial charge >= 0.3 is 0 Å². The number of amides is 1. The molecule has 0 aliphatic carbocycles. The fraction of sp³-hybridized carbons (Fsp3) is 0.375. The molecular formula is C16H19BrN2O2. The number of nitrogens with zero attached hydrogens (tertiary/aromatic N) is 1. The zero-order valence-electron chi connectivity index (χ0n) is 12.4. The molecule has 21 heavy (non-hydrogen) atoms. The van der Waals surface area contributed by atoms with Gasteiger partial charge in [-0.3, -0.25) is 9.78 Å². The number of halogens is 1. The van der Waals surface area contributed by atoms with E-state index >= 15 is 0 Å². The average molecular weight is 351 g/mol. The Hall–Kier alpha value is -1.62.